The summed E-state index contributed by atoms with van der Waals surface area (Å²) >= 11 is 12.0. The molecule has 0 saturated carbocycles. The van der Waals surface area contributed by atoms with Crippen molar-refractivity contribution in [2.24, 2.45) is 0 Å². The van der Waals surface area contributed by atoms with Gasteiger partial charge in [0, 0.05) is 17.8 Å². The zero-order valence-electron chi connectivity index (χ0n) is 15.6. The molecule has 2 aromatic carbocycles. The van der Waals surface area contributed by atoms with Gasteiger partial charge in [0.2, 0.25) is 11.7 Å². The zero-order valence-corrected chi connectivity index (χ0v) is 17.1. The van der Waals surface area contributed by atoms with Crippen molar-refractivity contribution in [2.75, 3.05) is 19.0 Å². The molecule has 1 saturated heterocycles. The fourth-order valence-corrected chi connectivity index (χ4v) is 3.56. The van der Waals surface area contributed by atoms with Gasteiger partial charge in [0.1, 0.15) is 11.8 Å². The maximum Gasteiger partial charge on any atom is 0.322 e. The summed E-state index contributed by atoms with van der Waals surface area (Å²) in [6.45, 7) is 0.595. The molecule has 29 heavy (non-hydrogen) atoms. The molecule has 1 aliphatic heterocycles. The zero-order chi connectivity index (χ0) is 20.4. The van der Waals surface area contributed by atoms with Crippen molar-refractivity contribution in [1.82, 2.24) is 15.0 Å². The van der Waals surface area contributed by atoms with Gasteiger partial charge in [0.15, 0.2) is 0 Å². The van der Waals surface area contributed by atoms with Crippen LogP contribution in [0.25, 0.3) is 11.4 Å². The number of carbonyl (C=O) groups is 1. The first kappa shape index (κ1) is 19.5. The van der Waals surface area contributed by atoms with Crippen LogP contribution in [0.5, 0.6) is 5.75 Å². The molecule has 1 unspecified atom stereocenters. The van der Waals surface area contributed by atoms with Crippen LogP contribution in [0, 0.1) is 0 Å². The molecular formula is C20H18Cl2N4O3. The van der Waals surface area contributed by atoms with Gasteiger partial charge in [-0.3, -0.25) is 0 Å². The Morgan fingerprint density at radius 1 is 1.21 bits per heavy atom. The number of halogens is 2. The minimum absolute atomic E-state index is 0.255. The Hall–Kier alpha value is -2.77. The molecule has 9 heteroatoms. The molecule has 1 aromatic heterocycles. The Morgan fingerprint density at radius 3 is 2.72 bits per heavy atom. The van der Waals surface area contributed by atoms with E-state index in [1.165, 1.54) is 0 Å². The molecule has 7 nitrogen and oxygen atoms in total. The Bertz CT molecular complexity index is 1020. The monoisotopic (exact) mass is 432 g/mol. The number of rotatable bonds is 4. The summed E-state index contributed by atoms with van der Waals surface area (Å²) in [5, 5.41) is 7.72. The minimum Gasteiger partial charge on any atom is -0.497 e. The third-order valence-electron chi connectivity index (χ3n) is 4.76. The molecule has 150 valence electrons. The third kappa shape index (κ3) is 4.16. The van der Waals surface area contributed by atoms with Crippen LogP contribution in [0.1, 0.15) is 24.8 Å². The number of nitrogens with zero attached hydrogens (tertiary/aromatic N) is 3. The van der Waals surface area contributed by atoms with Crippen LogP contribution in [0.3, 0.4) is 0 Å². The van der Waals surface area contributed by atoms with Gasteiger partial charge in [0.05, 0.1) is 17.2 Å². The highest BCUT2D eigenvalue weighted by Crippen LogP contribution is 2.33. The first-order chi connectivity index (χ1) is 14.0. The van der Waals surface area contributed by atoms with Crippen molar-refractivity contribution in [3.05, 3.63) is 58.4 Å². The number of nitrogens with one attached hydrogen (secondary N) is 1. The lowest BCUT2D eigenvalue weighted by Gasteiger charge is -2.22. The highest BCUT2D eigenvalue weighted by Gasteiger charge is 2.34. The highest BCUT2D eigenvalue weighted by molar-refractivity contribution is 6.42. The number of hydrogen-bond donors (Lipinski definition) is 1. The maximum atomic E-state index is 12.8. The smallest absolute Gasteiger partial charge is 0.322 e. The number of aromatic nitrogens is 2. The quantitative estimate of drug-likeness (QED) is 0.594. The Morgan fingerprint density at radius 2 is 2.00 bits per heavy atom. The molecule has 3 aromatic rings. The normalized spacial score (nSPS) is 16.1. The van der Waals surface area contributed by atoms with E-state index >= 15 is 0 Å². The van der Waals surface area contributed by atoms with Crippen molar-refractivity contribution >= 4 is 34.9 Å². The van der Waals surface area contributed by atoms with Crippen LogP contribution in [0.4, 0.5) is 10.5 Å². The van der Waals surface area contributed by atoms with E-state index in [1.807, 2.05) is 24.3 Å². The second-order valence-corrected chi connectivity index (χ2v) is 7.41. The molecule has 4 rings (SSSR count). The van der Waals surface area contributed by atoms with E-state index in [2.05, 4.69) is 15.5 Å². The number of benzene rings is 2. The van der Waals surface area contributed by atoms with Crippen molar-refractivity contribution in [3.8, 4) is 17.1 Å². The van der Waals surface area contributed by atoms with Crippen LogP contribution in [0.15, 0.2) is 47.0 Å². The molecule has 1 aliphatic rings. The summed E-state index contributed by atoms with van der Waals surface area (Å²) in [7, 11) is 1.61. The van der Waals surface area contributed by atoms with Gasteiger partial charge in [0.25, 0.3) is 0 Å². The minimum atomic E-state index is -0.280. The summed E-state index contributed by atoms with van der Waals surface area (Å²) in [5.74, 6) is 1.63. The molecular weight excluding hydrogens is 415 g/mol. The molecule has 2 amide bonds. The number of likely N-dealkylation sites (tertiary alicyclic amines) is 1. The highest BCUT2D eigenvalue weighted by atomic mass is 35.5. The van der Waals surface area contributed by atoms with E-state index in [0.29, 0.717) is 34.0 Å². The van der Waals surface area contributed by atoms with Crippen molar-refractivity contribution in [3.63, 3.8) is 0 Å². The van der Waals surface area contributed by atoms with Crippen molar-refractivity contribution in [1.29, 1.82) is 0 Å². The maximum absolute atomic E-state index is 12.8. The Balaban J connectivity index is 1.49. The van der Waals surface area contributed by atoms with Crippen LogP contribution >= 0.6 is 23.2 Å². The fraction of sp³-hybridized carbons (Fsp3) is 0.250. The summed E-state index contributed by atoms with van der Waals surface area (Å²) in [6.07, 6.45) is 1.60. The van der Waals surface area contributed by atoms with Crippen molar-refractivity contribution < 1.29 is 14.1 Å². The first-order valence-corrected chi connectivity index (χ1v) is 9.81. The van der Waals surface area contributed by atoms with Gasteiger partial charge in [-0.1, -0.05) is 28.4 Å². The number of carbonyl (C=O) groups excluding carboxylic acids is 1. The van der Waals surface area contributed by atoms with Gasteiger partial charge in [-0.2, -0.15) is 4.98 Å². The lowest BCUT2D eigenvalue weighted by atomic mass is 10.2. The average Bonchev–Trinajstić information content (AvgIpc) is 3.40. The van der Waals surface area contributed by atoms with Crippen LogP contribution in [-0.2, 0) is 0 Å². The van der Waals surface area contributed by atoms with E-state index in [1.54, 1.807) is 30.2 Å². The second kappa shape index (κ2) is 8.31. The molecule has 0 bridgehead atoms. The molecule has 0 spiro atoms. The second-order valence-electron chi connectivity index (χ2n) is 6.60. The summed E-state index contributed by atoms with van der Waals surface area (Å²) in [5.41, 5.74) is 1.38. The van der Waals surface area contributed by atoms with Crippen molar-refractivity contribution in [2.45, 2.75) is 18.9 Å². The van der Waals surface area contributed by atoms with Gasteiger partial charge in [-0.15, -0.1) is 0 Å². The number of hydrogen-bond acceptors (Lipinski definition) is 5. The molecule has 1 atom stereocenters. The number of anilines is 1. The molecule has 0 radical (unpaired) electrons. The first-order valence-electron chi connectivity index (χ1n) is 9.06. The predicted molar refractivity (Wildman–Crippen MR) is 110 cm³/mol. The summed E-state index contributed by atoms with van der Waals surface area (Å²) in [6, 6.07) is 11.8. The fourth-order valence-electron chi connectivity index (χ4n) is 3.26. The Labute approximate surface area is 177 Å². The summed E-state index contributed by atoms with van der Waals surface area (Å²) in [4.78, 5) is 19.0. The summed E-state index contributed by atoms with van der Waals surface area (Å²) < 4.78 is 10.6. The average molecular weight is 433 g/mol. The molecule has 2 heterocycles. The number of urea groups is 1. The molecule has 0 aliphatic carbocycles. The molecule has 1 N–H and O–H groups in total. The number of amides is 2. The predicted octanol–water partition coefficient (Wildman–Crippen LogP) is 5.42. The van der Waals surface area contributed by atoms with E-state index in [0.717, 1.165) is 24.2 Å². The number of ether oxygens (including phenoxy) is 1. The van der Waals surface area contributed by atoms with E-state index in [4.69, 9.17) is 32.5 Å². The largest absolute Gasteiger partial charge is 0.497 e. The molecule has 1 fully saturated rings. The topological polar surface area (TPSA) is 80.5 Å². The van der Waals surface area contributed by atoms with E-state index in [-0.39, 0.29) is 12.1 Å². The van der Waals surface area contributed by atoms with Gasteiger partial charge in [-0.05, 0) is 55.3 Å². The van der Waals surface area contributed by atoms with Gasteiger partial charge in [-0.25, -0.2) is 4.79 Å². The SMILES string of the molecule is COc1ccc(-c2noc(C3CCCN3C(=O)Nc3ccc(Cl)c(Cl)c3)n2)cc1. The standard InChI is InChI=1S/C20H18Cl2N4O3/c1-28-14-7-4-12(5-8-14)18-24-19(29-25-18)17-3-2-10-26(17)20(27)23-13-6-9-15(21)16(22)11-13/h4-9,11,17H,2-3,10H2,1H3,(H,23,27). The third-order valence-corrected chi connectivity index (χ3v) is 5.50. The lowest BCUT2D eigenvalue weighted by molar-refractivity contribution is 0.193. The lowest BCUT2D eigenvalue weighted by Crippen LogP contribution is -2.34. The number of methoxy groups -OCH3 is 1. The van der Waals surface area contributed by atoms with Gasteiger partial charge < -0.3 is 19.5 Å². The van der Waals surface area contributed by atoms with Gasteiger partial charge >= 0.3 is 6.03 Å². The van der Waals surface area contributed by atoms with E-state index < -0.39 is 0 Å². The Kier molecular flexibility index (Phi) is 5.60. The van der Waals surface area contributed by atoms with E-state index in [9.17, 15) is 4.79 Å². The van der Waals surface area contributed by atoms with Crippen LogP contribution < -0.4 is 10.1 Å². The van der Waals surface area contributed by atoms with Crippen LogP contribution in [-0.4, -0.2) is 34.7 Å². The van der Waals surface area contributed by atoms with Crippen LogP contribution in [0.2, 0.25) is 10.0 Å².